The maximum absolute atomic E-state index is 13.1. The molecule has 0 saturated carbocycles. The van der Waals surface area contributed by atoms with Crippen molar-refractivity contribution in [2.75, 3.05) is 51.1 Å². The van der Waals surface area contributed by atoms with E-state index in [1.807, 2.05) is 18.2 Å². The summed E-state index contributed by atoms with van der Waals surface area (Å²) in [6, 6.07) is 16.4. The van der Waals surface area contributed by atoms with Gasteiger partial charge in [0.05, 0.1) is 23.7 Å². The first-order valence-electron chi connectivity index (χ1n) is 11.6. The van der Waals surface area contributed by atoms with E-state index >= 15 is 0 Å². The minimum absolute atomic E-state index is 0.117. The summed E-state index contributed by atoms with van der Waals surface area (Å²) in [5, 5.41) is 5.93. The second-order valence-corrected chi connectivity index (χ2v) is 9.07. The number of carbonyl (C=O) groups excluding carboxylic acids is 3. The molecule has 2 aliphatic heterocycles. The number of nitrogens with one attached hydrogen (secondary N) is 2. The molecule has 2 aliphatic rings. The fourth-order valence-electron chi connectivity index (χ4n) is 4.38. The molecule has 0 bridgehead atoms. The molecular formula is C25H30ClN5O3. The second-order valence-electron chi connectivity index (χ2n) is 8.66. The molecule has 0 aromatic heterocycles. The van der Waals surface area contributed by atoms with Crippen LogP contribution in [-0.4, -0.2) is 84.3 Å². The summed E-state index contributed by atoms with van der Waals surface area (Å²) in [7, 11) is 0. The highest BCUT2D eigenvalue weighted by atomic mass is 35.5. The van der Waals surface area contributed by atoms with Crippen LogP contribution >= 0.6 is 11.6 Å². The lowest BCUT2D eigenvalue weighted by Gasteiger charge is -2.38. The van der Waals surface area contributed by atoms with Crippen LogP contribution in [0.5, 0.6) is 0 Å². The van der Waals surface area contributed by atoms with Crippen LogP contribution in [0.4, 0.5) is 5.69 Å². The highest BCUT2D eigenvalue weighted by Crippen LogP contribution is 2.21. The van der Waals surface area contributed by atoms with Gasteiger partial charge in [0.2, 0.25) is 17.7 Å². The lowest BCUT2D eigenvalue weighted by atomic mass is 10.1. The molecule has 0 unspecified atom stereocenters. The van der Waals surface area contributed by atoms with Gasteiger partial charge in [-0.2, -0.15) is 0 Å². The first-order chi connectivity index (χ1) is 16.5. The third kappa shape index (κ3) is 6.34. The number of rotatable bonds is 7. The molecule has 1 atom stereocenters. The van der Waals surface area contributed by atoms with Crippen LogP contribution in [0.3, 0.4) is 0 Å². The SMILES string of the molecule is O=C(C[C@@H]1C(=O)NCCN1C(=O)CN1CCN(Cc2ccccc2)CC1)Nc1ccccc1Cl. The van der Waals surface area contributed by atoms with E-state index < -0.39 is 6.04 Å². The van der Waals surface area contributed by atoms with Gasteiger partial charge in [0, 0.05) is 45.8 Å². The fraction of sp³-hybridized carbons (Fsp3) is 0.400. The van der Waals surface area contributed by atoms with E-state index in [0.717, 1.165) is 32.7 Å². The molecule has 3 amide bonds. The van der Waals surface area contributed by atoms with Crippen molar-refractivity contribution in [2.24, 2.45) is 0 Å². The van der Waals surface area contributed by atoms with Crippen molar-refractivity contribution >= 4 is 35.0 Å². The maximum Gasteiger partial charge on any atom is 0.243 e. The van der Waals surface area contributed by atoms with Crippen molar-refractivity contribution in [3.05, 3.63) is 65.2 Å². The summed E-state index contributed by atoms with van der Waals surface area (Å²) in [6.07, 6.45) is -0.117. The van der Waals surface area contributed by atoms with Gasteiger partial charge in [-0.1, -0.05) is 54.1 Å². The van der Waals surface area contributed by atoms with Crippen molar-refractivity contribution in [2.45, 2.75) is 19.0 Å². The molecule has 4 rings (SSSR count). The molecule has 2 N–H and O–H groups in total. The molecule has 180 valence electrons. The van der Waals surface area contributed by atoms with E-state index in [-0.39, 0.29) is 30.7 Å². The van der Waals surface area contributed by atoms with Gasteiger partial charge in [0.15, 0.2) is 0 Å². The van der Waals surface area contributed by atoms with E-state index in [2.05, 4.69) is 32.6 Å². The average Bonchev–Trinajstić information content (AvgIpc) is 2.84. The lowest BCUT2D eigenvalue weighted by molar-refractivity contribution is -0.145. The average molecular weight is 484 g/mol. The van der Waals surface area contributed by atoms with Gasteiger partial charge in [-0.05, 0) is 17.7 Å². The minimum Gasteiger partial charge on any atom is -0.353 e. The summed E-state index contributed by atoms with van der Waals surface area (Å²) >= 11 is 6.12. The Bertz CT molecular complexity index is 1010. The molecule has 2 saturated heterocycles. The third-order valence-electron chi connectivity index (χ3n) is 6.25. The normalized spacial score (nSPS) is 19.5. The van der Waals surface area contributed by atoms with Gasteiger partial charge in [-0.15, -0.1) is 0 Å². The van der Waals surface area contributed by atoms with Gasteiger partial charge in [0.1, 0.15) is 6.04 Å². The molecule has 0 radical (unpaired) electrons. The molecule has 0 aliphatic carbocycles. The quantitative estimate of drug-likeness (QED) is 0.627. The van der Waals surface area contributed by atoms with Crippen LogP contribution in [0.15, 0.2) is 54.6 Å². The third-order valence-corrected chi connectivity index (χ3v) is 6.58. The van der Waals surface area contributed by atoms with Gasteiger partial charge < -0.3 is 15.5 Å². The molecule has 34 heavy (non-hydrogen) atoms. The van der Waals surface area contributed by atoms with Crippen molar-refractivity contribution in [3.63, 3.8) is 0 Å². The predicted octanol–water partition coefficient (Wildman–Crippen LogP) is 1.81. The summed E-state index contributed by atoms with van der Waals surface area (Å²) < 4.78 is 0. The Morgan fingerprint density at radius 1 is 0.941 bits per heavy atom. The van der Waals surface area contributed by atoms with E-state index in [4.69, 9.17) is 11.6 Å². The number of anilines is 1. The highest BCUT2D eigenvalue weighted by Gasteiger charge is 2.35. The van der Waals surface area contributed by atoms with E-state index in [9.17, 15) is 14.4 Å². The summed E-state index contributed by atoms with van der Waals surface area (Å²) in [4.78, 5) is 44.3. The van der Waals surface area contributed by atoms with Crippen LogP contribution in [0.25, 0.3) is 0 Å². The Morgan fingerprint density at radius 2 is 1.62 bits per heavy atom. The first kappa shape index (κ1) is 24.2. The van der Waals surface area contributed by atoms with E-state index in [1.54, 1.807) is 29.2 Å². The van der Waals surface area contributed by atoms with Crippen molar-refractivity contribution in [1.82, 2.24) is 20.0 Å². The van der Waals surface area contributed by atoms with Gasteiger partial charge in [-0.25, -0.2) is 0 Å². The van der Waals surface area contributed by atoms with Crippen LogP contribution in [0.1, 0.15) is 12.0 Å². The Hall–Kier alpha value is -2.94. The van der Waals surface area contributed by atoms with E-state index in [1.165, 1.54) is 5.56 Å². The zero-order valence-corrected chi connectivity index (χ0v) is 19.8. The van der Waals surface area contributed by atoms with Gasteiger partial charge in [0.25, 0.3) is 0 Å². The summed E-state index contributed by atoms with van der Waals surface area (Å²) in [5.74, 6) is -0.786. The Balaban J connectivity index is 1.30. The van der Waals surface area contributed by atoms with Gasteiger partial charge >= 0.3 is 0 Å². The molecule has 9 heteroatoms. The number of piperazine rings is 2. The Morgan fingerprint density at radius 3 is 2.35 bits per heavy atom. The molecule has 0 spiro atoms. The Labute approximate surface area is 204 Å². The number of hydrogen-bond donors (Lipinski definition) is 2. The largest absolute Gasteiger partial charge is 0.353 e. The Kier molecular flexibility index (Phi) is 8.16. The highest BCUT2D eigenvalue weighted by molar-refractivity contribution is 6.33. The minimum atomic E-state index is -0.830. The zero-order valence-electron chi connectivity index (χ0n) is 19.1. The van der Waals surface area contributed by atoms with Crippen molar-refractivity contribution in [1.29, 1.82) is 0 Å². The van der Waals surface area contributed by atoms with Gasteiger partial charge in [-0.3, -0.25) is 24.2 Å². The number of hydrogen-bond acceptors (Lipinski definition) is 5. The molecule has 2 aromatic rings. The number of halogens is 1. The van der Waals surface area contributed by atoms with Crippen LogP contribution < -0.4 is 10.6 Å². The monoisotopic (exact) mass is 483 g/mol. The number of nitrogens with zero attached hydrogens (tertiary/aromatic N) is 3. The van der Waals surface area contributed by atoms with Crippen molar-refractivity contribution in [3.8, 4) is 0 Å². The fourth-order valence-corrected chi connectivity index (χ4v) is 4.57. The maximum atomic E-state index is 13.1. The second kappa shape index (κ2) is 11.5. The predicted molar refractivity (Wildman–Crippen MR) is 131 cm³/mol. The molecule has 8 nitrogen and oxygen atoms in total. The lowest BCUT2D eigenvalue weighted by Crippen LogP contribution is -2.60. The first-order valence-corrected chi connectivity index (χ1v) is 12.0. The summed E-state index contributed by atoms with van der Waals surface area (Å²) in [5.41, 5.74) is 1.76. The topological polar surface area (TPSA) is 85.0 Å². The number of benzene rings is 2. The molecule has 2 fully saturated rings. The molecule has 2 aromatic carbocycles. The van der Waals surface area contributed by atoms with Crippen molar-refractivity contribution < 1.29 is 14.4 Å². The smallest absolute Gasteiger partial charge is 0.243 e. The van der Waals surface area contributed by atoms with Crippen LogP contribution in [0, 0.1) is 0 Å². The van der Waals surface area contributed by atoms with E-state index in [0.29, 0.717) is 23.8 Å². The van der Waals surface area contributed by atoms with Crippen LogP contribution in [0.2, 0.25) is 5.02 Å². The number of para-hydroxylation sites is 1. The number of carbonyl (C=O) groups is 3. The molecule has 2 heterocycles. The standard InChI is InChI=1S/C25H30ClN5O3/c26-20-8-4-5-9-21(20)28-23(32)16-22-25(34)27-10-11-31(22)24(33)18-30-14-12-29(13-15-30)17-19-6-2-1-3-7-19/h1-9,22H,10-18H2,(H,27,34)(H,28,32)/t22-/m1/s1. The molecular weight excluding hydrogens is 454 g/mol. The van der Waals surface area contributed by atoms with Crippen LogP contribution in [-0.2, 0) is 20.9 Å². The zero-order chi connectivity index (χ0) is 23.9. The summed E-state index contributed by atoms with van der Waals surface area (Å²) in [6.45, 7) is 5.26. The number of amides is 3.